The molecule has 0 saturated carbocycles. The largest absolute Gasteiger partial charge is 0.508 e. The molecular formula is C22H14Cl2O7. The van der Waals surface area contributed by atoms with Gasteiger partial charge in [-0.25, -0.2) is 4.79 Å². The number of carbonyl (C=O) groups excluding carboxylic acids is 1. The van der Waals surface area contributed by atoms with E-state index in [0.29, 0.717) is 11.1 Å². The van der Waals surface area contributed by atoms with Crippen LogP contribution in [0.2, 0.25) is 10.0 Å². The van der Waals surface area contributed by atoms with Crippen molar-refractivity contribution in [3.63, 3.8) is 0 Å². The highest BCUT2D eigenvalue weighted by atomic mass is 35.5. The molecule has 0 aliphatic carbocycles. The van der Waals surface area contributed by atoms with Gasteiger partial charge in [0.05, 0.1) is 19.2 Å². The summed E-state index contributed by atoms with van der Waals surface area (Å²) >= 11 is 13.2. The van der Waals surface area contributed by atoms with Gasteiger partial charge in [-0.15, -0.1) is 0 Å². The Labute approximate surface area is 186 Å². The summed E-state index contributed by atoms with van der Waals surface area (Å²) in [4.78, 5) is 13.2. The van der Waals surface area contributed by atoms with Gasteiger partial charge in [0.15, 0.2) is 17.1 Å². The predicted molar refractivity (Wildman–Crippen MR) is 111 cm³/mol. The Balaban J connectivity index is 1.97. The summed E-state index contributed by atoms with van der Waals surface area (Å²) in [5.41, 5.74) is -0.406. The van der Waals surface area contributed by atoms with E-state index in [0.717, 1.165) is 0 Å². The van der Waals surface area contributed by atoms with E-state index in [4.69, 9.17) is 42.1 Å². The Morgan fingerprint density at radius 1 is 0.871 bits per heavy atom. The minimum Gasteiger partial charge on any atom is -0.508 e. The number of aromatic hydroxyl groups is 2. The average Bonchev–Trinajstić information content (AvgIpc) is 3.03. The highest BCUT2D eigenvalue weighted by molar-refractivity contribution is 6.44. The van der Waals surface area contributed by atoms with Crippen LogP contribution in [0.3, 0.4) is 0 Å². The maximum Gasteiger partial charge on any atom is 0.344 e. The predicted octanol–water partition coefficient (Wildman–Crippen LogP) is 4.99. The lowest BCUT2D eigenvalue weighted by molar-refractivity contribution is 0.0223. The number of fused-ring (bicyclic) bond motifs is 6. The molecule has 7 nitrogen and oxygen atoms in total. The molecule has 9 heteroatoms. The van der Waals surface area contributed by atoms with Gasteiger partial charge in [0, 0.05) is 28.8 Å². The highest BCUT2D eigenvalue weighted by Crippen LogP contribution is 2.62. The quantitative estimate of drug-likeness (QED) is 0.520. The summed E-state index contributed by atoms with van der Waals surface area (Å²) in [7, 11) is 2.76. The molecule has 2 N–H and O–H groups in total. The zero-order chi connectivity index (χ0) is 22.1. The summed E-state index contributed by atoms with van der Waals surface area (Å²) in [6.45, 7) is 0. The SMILES string of the molecule is COc1c(Cl)c(Cl)c2c(c1OC)C(=O)OC21c2ccc(O)cc2Oc2cc(O)ccc21. The molecule has 0 amide bonds. The molecule has 0 bridgehead atoms. The number of methoxy groups -OCH3 is 2. The normalized spacial score (nSPS) is 14.9. The molecule has 1 spiro atoms. The maximum atomic E-state index is 13.2. The smallest absolute Gasteiger partial charge is 0.344 e. The van der Waals surface area contributed by atoms with Gasteiger partial charge in [-0.05, 0) is 24.3 Å². The summed E-state index contributed by atoms with van der Waals surface area (Å²) < 4.78 is 22.7. The molecule has 0 radical (unpaired) electrons. The third-order valence-corrected chi connectivity index (χ3v) is 6.25. The number of esters is 1. The van der Waals surface area contributed by atoms with Gasteiger partial charge in [0.25, 0.3) is 0 Å². The molecule has 2 heterocycles. The number of phenolic OH excluding ortho intramolecular Hbond substituents is 2. The second-order valence-corrected chi connectivity index (χ2v) is 7.73. The van der Waals surface area contributed by atoms with E-state index >= 15 is 0 Å². The zero-order valence-corrected chi connectivity index (χ0v) is 17.7. The Morgan fingerprint density at radius 3 is 1.94 bits per heavy atom. The number of hydrogen-bond donors (Lipinski definition) is 2. The van der Waals surface area contributed by atoms with Gasteiger partial charge >= 0.3 is 5.97 Å². The second kappa shape index (κ2) is 6.60. The standard InChI is InChI=1S/C22H14Cl2O7/c1-28-19-15-16(17(23)18(24)20(19)29-2)22(31-21(15)27)11-5-3-9(25)7-13(11)30-14-8-10(26)4-6-12(14)22/h3-8,25-26H,1-2H3. The molecular weight excluding hydrogens is 447 g/mol. The first-order valence-electron chi connectivity index (χ1n) is 9.05. The van der Waals surface area contributed by atoms with Crippen molar-refractivity contribution in [1.82, 2.24) is 0 Å². The van der Waals surface area contributed by atoms with Crippen LogP contribution in [0.15, 0.2) is 36.4 Å². The highest BCUT2D eigenvalue weighted by Gasteiger charge is 2.57. The first-order valence-corrected chi connectivity index (χ1v) is 9.80. The van der Waals surface area contributed by atoms with E-state index < -0.39 is 11.6 Å². The van der Waals surface area contributed by atoms with Crippen LogP contribution < -0.4 is 14.2 Å². The molecule has 3 aromatic rings. The average molecular weight is 461 g/mol. The van der Waals surface area contributed by atoms with Crippen molar-refractivity contribution in [2.45, 2.75) is 5.60 Å². The Hall–Kier alpha value is -3.29. The molecule has 2 aliphatic heterocycles. The van der Waals surface area contributed by atoms with Crippen molar-refractivity contribution in [2.75, 3.05) is 14.2 Å². The van der Waals surface area contributed by atoms with Crippen molar-refractivity contribution in [2.24, 2.45) is 0 Å². The molecule has 3 aromatic carbocycles. The van der Waals surface area contributed by atoms with Crippen LogP contribution in [0.25, 0.3) is 0 Å². The van der Waals surface area contributed by atoms with Gasteiger partial charge < -0.3 is 29.2 Å². The first kappa shape index (κ1) is 19.7. The van der Waals surface area contributed by atoms with Crippen molar-refractivity contribution >= 4 is 29.2 Å². The van der Waals surface area contributed by atoms with Crippen molar-refractivity contribution < 1.29 is 34.0 Å². The summed E-state index contributed by atoms with van der Waals surface area (Å²) in [5, 5.41) is 20.1. The summed E-state index contributed by atoms with van der Waals surface area (Å²) in [6.07, 6.45) is 0. The van der Waals surface area contributed by atoms with E-state index in [1.54, 1.807) is 12.1 Å². The van der Waals surface area contributed by atoms with Crippen LogP contribution >= 0.6 is 23.2 Å². The number of ether oxygens (including phenoxy) is 4. The minimum atomic E-state index is -1.56. The summed E-state index contributed by atoms with van der Waals surface area (Å²) in [6, 6.07) is 8.79. The van der Waals surface area contributed by atoms with E-state index in [1.807, 2.05) is 0 Å². The lowest BCUT2D eigenvalue weighted by Gasteiger charge is -2.37. The third-order valence-electron chi connectivity index (χ3n) is 5.41. The lowest BCUT2D eigenvalue weighted by Crippen LogP contribution is -2.33. The fraction of sp³-hybridized carbons (Fsp3) is 0.136. The molecule has 0 saturated heterocycles. The molecule has 0 fully saturated rings. The van der Waals surface area contributed by atoms with Gasteiger partial charge in [0.2, 0.25) is 0 Å². The number of phenols is 2. The van der Waals surface area contributed by atoms with Gasteiger partial charge in [0.1, 0.15) is 33.6 Å². The van der Waals surface area contributed by atoms with Crippen LogP contribution in [-0.4, -0.2) is 30.4 Å². The Morgan fingerprint density at radius 2 is 1.42 bits per heavy atom. The number of rotatable bonds is 2. The molecule has 0 unspecified atom stereocenters. The number of benzene rings is 3. The van der Waals surface area contributed by atoms with E-state index in [2.05, 4.69) is 0 Å². The van der Waals surface area contributed by atoms with Gasteiger partial charge in [-0.2, -0.15) is 0 Å². The fourth-order valence-corrected chi connectivity index (χ4v) is 4.78. The van der Waals surface area contributed by atoms with Crippen LogP contribution in [0.4, 0.5) is 0 Å². The molecule has 5 rings (SSSR count). The second-order valence-electron chi connectivity index (χ2n) is 6.98. The topological polar surface area (TPSA) is 94.5 Å². The van der Waals surface area contributed by atoms with Gasteiger partial charge in [-0.1, -0.05) is 23.2 Å². The van der Waals surface area contributed by atoms with Crippen LogP contribution in [-0.2, 0) is 10.3 Å². The molecule has 31 heavy (non-hydrogen) atoms. The van der Waals surface area contributed by atoms with Crippen molar-refractivity contribution in [1.29, 1.82) is 0 Å². The third kappa shape index (κ3) is 2.44. The van der Waals surface area contributed by atoms with Crippen molar-refractivity contribution in [3.8, 4) is 34.5 Å². The molecule has 2 aliphatic rings. The maximum absolute atomic E-state index is 13.2. The van der Waals surface area contributed by atoms with E-state index in [-0.39, 0.29) is 55.7 Å². The van der Waals surface area contributed by atoms with Crippen molar-refractivity contribution in [3.05, 3.63) is 68.7 Å². The van der Waals surface area contributed by atoms with Crippen LogP contribution in [0.1, 0.15) is 27.0 Å². The zero-order valence-electron chi connectivity index (χ0n) is 16.2. The van der Waals surface area contributed by atoms with E-state index in [1.165, 1.54) is 38.5 Å². The number of hydrogen-bond acceptors (Lipinski definition) is 7. The molecule has 158 valence electrons. The minimum absolute atomic E-state index is 0.0418. The van der Waals surface area contributed by atoms with Crippen LogP contribution in [0, 0.1) is 0 Å². The first-order chi connectivity index (χ1) is 14.8. The number of halogens is 2. The van der Waals surface area contributed by atoms with Gasteiger partial charge in [-0.3, -0.25) is 0 Å². The Bertz CT molecular complexity index is 1230. The van der Waals surface area contributed by atoms with Crippen LogP contribution in [0.5, 0.6) is 34.5 Å². The molecule has 0 aromatic heterocycles. The lowest BCUT2D eigenvalue weighted by atomic mass is 9.77. The van der Waals surface area contributed by atoms with E-state index in [9.17, 15) is 15.0 Å². The Kier molecular flexibility index (Phi) is 4.19. The molecule has 0 atom stereocenters. The fourth-order valence-electron chi connectivity index (χ4n) is 4.20. The summed E-state index contributed by atoms with van der Waals surface area (Å²) in [5.74, 6) is -0.186. The number of carbonyl (C=O) groups is 1. The monoisotopic (exact) mass is 460 g/mol.